The molecule has 6 aliphatic rings. The van der Waals surface area contributed by atoms with Crippen molar-refractivity contribution in [3.63, 3.8) is 0 Å². The van der Waals surface area contributed by atoms with Crippen LogP contribution in [0.4, 0.5) is 34.1 Å². The van der Waals surface area contributed by atoms with E-state index in [1.54, 1.807) is 25.1 Å². The number of ketones is 1. The number of quaternary nitrogens is 4. The van der Waals surface area contributed by atoms with Gasteiger partial charge < -0.3 is 91.3 Å². The summed E-state index contributed by atoms with van der Waals surface area (Å²) in [5.41, 5.74) is 25.6. The average Bonchev–Trinajstić information content (AvgIpc) is 1.60. The first-order valence-corrected chi connectivity index (χ1v) is 48.1. The first-order chi connectivity index (χ1) is 58.7. The maximum absolute atomic E-state index is 12.2. The van der Waals surface area contributed by atoms with E-state index in [0.29, 0.717) is 12.8 Å². The molecule has 0 saturated carbocycles. The van der Waals surface area contributed by atoms with Gasteiger partial charge in [0.15, 0.2) is 24.5 Å². The van der Waals surface area contributed by atoms with Crippen LogP contribution in [0, 0.1) is 13.8 Å². The fraction of sp³-hybridized carbons (Fsp3) is 0.467. The number of hydrogen-bond acceptors (Lipinski definition) is 12. The number of aryl methyl sites for hydroxylation is 4. The second kappa shape index (κ2) is 41.1. The minimum Gasteiger partial charge on any atom is -1.00 e. The van der Waals surface area contributed by atoms with Gasteiger partial charge in [0.2, 0.25) is 11.4 Å². The van der Waals surface area contributed by atoms with Crippen molar-refractivity contribution in [3.8, 4) is 0 Å². The van der Waals surface area contributed by atoms with E-state index < -0.39 is 37.0 Å². The van der Waals surface area contributed by atoms with Gasteiger partial charge in [0.25, 0.3) is 0 Å². The van der Waals surface area contributed by atoms with Gasteiger partial charge in [-0.2, -0.15) is 9.15 Å². The second-order valence-corrected chi connectivity index (χ2v) is 44.8. The molecule has 6 aromatic rings. The fourth-order valence-corrected chi connectivity index (χ4v) is 19.9. The molecule has 0 fully saturated rings. The highest BCUT2D eigenvalue weighted by molar-refractivity contribution is 7.86. The molecule has 2 aliphatic carbocycles. The summed E-state index contributed by atoms with van der Waals surface area (Å²) < 4.78 is 81.5. The molecule has 3 N–H and O–H groups in total. The van der Waals surface area contributed by atoms with Crippen LogP contribution >= 0.6 is 0 Å². The van der Waals surface area contributed by atoms with Crippen molar-refractivity contribution in [2.75, 3.05) is 157 Å². The van der Waals surface area contributed by atoms with Gasteiger partial charge in [-0.25, -0.2) is 16.8 Å². The number of Topliss-reactive ketones (excluding diaryl/α,β-unsaturated/α-hetero) is 1. The number of hydrogen-bond donors (Lipinski definition) is 3. The van der Waals surface area contributed by atoms with Crippen molar-refractivity contribution in [2.24, 2.45) is 0 Å². The average molecular weight is 1910 g/mol. The Kier molecular flexibility index (Phi) is 33.2. The predicted octanol–water partition coefficient (Wildman–Crippen LogP) is 12.9. The fourth-order valence-electron chi connectivity index (χ4n) is 18.9. The van der Waals surface area contributed by atoms with Crippen molar-refractivity contribution in [3.05, 3.63) is 260 Å². The number of halogens is 2. The summed E-state index contributed by atoms with van der Waals surface area (Å²) >= 11 is 0. The molecule has 0 radical (unpaired) electrons. The first-order valence-electron chi connectivity index (χ1n) is 45.3. The van der Waals surface area contributed by atoms with Gasteiger partial charge in [0, 0.05) is 131 Å². The summed E-state index contributed by atoms with van der Waals surface area (Å²) in [5, 5.41) is 17.0. The lowest BCUT2D eigenvalue weighted by Crippen LogP contribution is -3.00. The molecule has 692 valence electrons. The Balaban J connectivity index is 0.000000285. The highest BCUT2D eigenvalue weighted by Crippen LogP contribution is 2.51. The van der Waals surface area contributed by atoms with Crippen LogP contribution in [0.1, 0.15) is 184 Å². The summed E-state index contributed by atoms with van der Waals surface area (Å²) in [6, 6.07) is 39.9. The summed E-state index contributed by atoms with van der Waals surface area (Å²) in [5.74, 6) is -0.621. The molecule has 0 amide bonds. The number of rotatable bonds is 34. The minimum atomic E-state index is -4.63. The van der Waals surface area contributed by atoms with E-state index in [4.69, 9.17) is 0 Å². The van der Waals surface area contributed by atoms with E-state index in [2.05, 4.69) is 293 Å². The van der Waals surface area contributed by atoms with Crippen LogP contribution in [0.3, 0.4) is 0 Å². The highest BCUT2D eigenvalue weighted by Gasteiger charge is 2.48. The summed E-state index contributed by atoms with van der Waals surface area (Å²) in [4.78, 5) is 27.7. The number of carbonyl (C=O) groups is 2. The molecule has 0 spiro atoms. The molecule has 12 rings (SSSR count). The molecule has 23 heteroatoms. The van der Waals surface area contributed by atoms with E-state index >= 15 is 0 Å². The summed E-state index contributed by atoms with van der Waals surface area (Å²) in [7, 11) is 17.4. The van der Waals surface area contributed by atoms with Crippen molar-refractivity contribution in [1.29, 1.82) is 0 Å². The molecule has 4 heterocycles. The number of nitrogens with one attached hydrogen (secondary N) is 2. The molecule has 6 aromatic carbocycles. The molecule has 0 atom stereocenters. The number of fused-ring (bicyclic) bond motifs is 4. The molecule has 0 saturated heterocycles. The van der Waals surface area contributed by atoms with Gasteiger partial charge in [-0.1, -0.05) is 112 Å². The van der Waals surface area contributed by atoms with E-state index in [0.717, 1.165) is 209 Å². The number of aliphatic carboxylic acids is 1. The van der Waals surface area contributed by atoms with Crippen LogP contribution in [-0.2, 0) is 64.3 Å². The number of benzene rings is 6. The lowest BCUT2D eigenvalue weighted by molar-refractivity contribution is -0.871. The Labute approximate surface area is 787 Å². The zero-order valence-corrected chi connectivity index (χ0v) is 85.4. The molecule has 128 heavy (non-hydrogen) atoms. The maximum atomic E-state index is 12.2. The van der Waals surface area contributed by atoms with Crippen molar-refractivity contribution < 1.29 is 102 Å². The summed E-state index contributed by atoms with van der Waals surface area (Å²) in [6.07, 6.45) is 29.7. The van der Waals surface area contributed by atoms with E-state index in [9.17, 15) is 40.6 Å². The molecule has 4 aliphatic heterocycles. The van der Waals surface area contributed by atoms with Crippen molar-refractivity contribution in [2.45, 2.75) is 198 Å². The number of carbonyl (C=O) groups excluding carboxylic acids is 1. The predicted molar refractivity (Wildman–Crippen MR) is 515 cm³/mol. The van der Waals surface area contributed by atoms with E-state index in [-0.39, 0.29) is 66.8 Å². The Hall–Kier alpha value is -8.46. The van der Waals surface area contributed by atoms with Gasteiger partial charge >= 0.3 is 5.97 Å². The largest absolute Gasteiger partial charge is 1.00 e. The van der Waals surface area contributed by atoms with E-state index in [1.165, 1.54) is 79.4 Å². The van der Waals surface area contributed by atoms with Crippen molar-refractivity contribution in [1.82, 2.24) is 0 Å². The molecule has 0 bridgehead atoms. The Morgan fingerprint density at radius 2 is 0.797 bits per heavy atom. The van der Waals surface area contributed by atoms with Gasteiger partial charge in [-0.15, -0.1) is 0 Å². The second-order valence-electron chi connectivity index (χ2n) is 42.1. The normalized spacial score (nSPS) is 18.5. The third kappa shape index (κ3) is 25.6. The lowest BCUT2D eigenvalue weighted by Gasteiger charge is -2.29. The van der Waals surface area contributed by atoms with Crippen LogP contribution in [-0.4, -0.2) is 218 Å². The van der Waals surface area contributed by atoms with Crippen LogP contribution in [0.25, 0.3) is 0 Å². The monoisotopic (exact) mass is 1910 g/mol. The molecule has 0 unspecified atom stereocenters. The number of carboxylic acids is 1. The zero-order valence-electron chi connectivity index (χ0n) is 80.6. The Morgan fingerprint density at radius 3 is 1.13 bits per heavy atom. The maximum Gasteiger partial charge on any atom is 0.303 e. The topological polar surface area (TPSA) is 205 Å². The number of allylic oxidation sites excluding steroid dienone is 14. The smallest absolute Gasteiger partial charge is 0.303 e. The van der Waals surface area contributed by atoms with Gasteiger partial charge in [-0.3, -0.25) is 4.79 Å². The SMILES string of the molecule is CC(=O)CCc1ccc(NC2=C(C=CC3=[N+](CCC[N+](C)(C)C)c4ccc(S(=O)(=O)[O-])cc4C3(C)C)CCCC2=CC=C2N(CCC[N+](C)(C)C)c3ccc(C)cc3C2(C)C)cc1.Cc1ccc2c(c1)C(C)(C)C(=CC=C1CCCC(C=CC3=[N+](CCC[N+](C)(C)C)c4ccc(S(=O)(=O)[O-])cc4C3(C)C)=C1Nc1ccc(CCC(=O)O)cc1)N2CCC[N+](C)(C)C.[Br-].[Br-]. The Morgan fingerprint density at radius 1 is 0.445 bits per heavy atom. The van der Waals surface area contributed by atoms with Crippen LogP contribution in [0.2, 0.25) is 0 Å². The van der Waals surface area contributed by atoms with Crippen LogP contribution in [0.15, 0.2) is 225 Å². The number of carboxylic acid groups (broad SMARTS) is 1. The molecule has 0 aromatic heterocycles. The third-order valence-electron chi connectivity index (χ3n) is 25.9. The molecular formula is C105H144Br2N10O9S2+2. The first kappa shape index (κ1) is 103. The van der Waals surface area contributed by atoms with Crippen LogP contribution in [0.5, 0.6) is 0 Å². The van der Waals surface area contributed by atoms with Gasteiger partial charge in [-0.05, 0) is 217 Å². The summed E-state index contributed by atoms with van der Waals surface area (Å²) in [6.45, 7) is 31.3. The minimum absolute atomic E-state index is 0. The van der Waals surface area contributed by atoms with E-state index in [1.807, 2.05) is 30.3 Å². The number of nitrogens with zero attached hydrogens (tertiary/aromatic N) is 8. The van der Waals surface area contributed by atoms with Gasteiger partial charge in [0.1, 0.15) is 26.0 Å². The quantitative estimate of drug-likeness (QED) is 0.0196. The highest BCUT2D eigenvalue weighted by atomic mass is 79.9. The molecule has 19 nitrogen and oxygen atoms in total. The standard InChI is InChI=1S/C53H72N5O4S.C52H69N5O5S.2BrH/c1-38-18-28-47-45(36-38)52(3,4)49(55(47)32-14-34-57(7,8)9)30-23-41-16-13-17-42(51(41)54-43-25-21-40(22-26-43)20-19-39(2)59)24-31-50-53(5,6)46-37-44(63(60,61)62)27-29-48(46)56(50)33-15-35-58(10,11)12;1-37-17-26-45-43(35-37)51(2,3)47(54(45)31-13-33-56(6,7)8)28-21-39-15-12-16-40(50(39)53-41-23-18-38(19-24-41)20-30-49(58)59)22-29-48-52(4,5)44-36-42(63(60,61)62)25-27-46(44)55(48)32-14-34-57(9,10)11;;/h18,21-31,36-37H,13-17,19-20,32-35H2,1-12H3;17-19,21-29,35-36H,12-16,20,30-34H2,1-11H3;2*1H/q+1;;;/p+1. The molecular weight excluding hydrogens is 1770 g/mol. The lowest BCUT2D eigenvalue weighted by atomic mass is 9.81. The zero-order chi connectivity index (χ0) is 92.2. The van der Waals surface area contributed by atoms with Crippen molar-refractivity contribution >= 4 is 77.5 Å². The Bertz CT molecular complexity index is 5350. The van der Waals surface area contributed by atoms with Gasteiger partial charge in [0.05, 0.1) is 144 Å². The van der Waals surface area contributed by atoms with Crippen LogP contribution < -0.4 is 54.4 Å². The number of anilines is 4. The third-order valence-corrected chi connectivity index (χ3v) is 27.6.